The number of carbonyl (C=O) groups excluding carboxylic acids is 1. The van der Waals surface area contributed by atoms with Crippen molar-refractivity contribution >= 4 is 5.91 Å². The molecule has 3 atom stereocenters. The van der Waals surface area contributed by atoms with E-state index in [1.807, 2.05) is 6.92 Å². The molecule has 1 unspecified atom stereocenters. The van der Waals surface area contributed by atoms with Gasteiger partial charge in [-0.05, 0) is 25.7 Å². The number of hydrogen-bond donors (Lipinski definition) is 1. The molecule has 1 amide bonds. The van der Waals surface area contributed by atoms with Crippen LogP contribution in [0.5, 0.6) is 0 Å². The van der Waals surface area contributed by atoms with Crippen molar-refractivity contribution < 1.29 is 9.90 Å². The number of rotatable bonds is 3. The molecule has 0 aromatic heterocycles. The second-order valence-corrected chi connectivity index (χ2v) is 4.23. The summed E-state index contributed by atoms with van der Waals surface area (Å²) in [6.45, 7) is 4.08. The Morgan fingerprint density at radius 1 is 1.60 bits per heavy atom. The van der Waals surface area contributed by atoms with Gasteiger partial charge in [0.25, 0.3) is 0 Å². The zero-order valence-electron chi connectivity index (χ0n) is 9.31. The number of carbonyl (C=O) groups is 1. The van der Waals surface area contributed by atoms with E-state index < -0.39 is 0 Å². The van der Waals surface area contributed by atoms with Crippen molar-refractivity contribution in [2.45, 2.75) is 45.2 Å². The molecular formula is C11H18N2O2. The number of aliphatic hydroxyl groups excluding tert-OH is 1. The Hall–Kier alpha value is -1.08. The summed E-state index contributed by atoms with van der Waals surface area (Å²) in [6, 6.07) is 2.04. The van der Waals surface area contributed by atoms with Gasteiger partial charge < -0.3 is 10.0 Å². The van der Waals surface area contributed by atoms with Crippen LogP contribution >= 0.6 is 0 Å². The van der Waals surface area contributed by atoms with E-state index in [0.29, 0.717) is 18.8 Å². The number of nitrogens with zero attached hydrogens (tertiary/aromatic N) is 2. The summed E-state index contributed by atoms with van der Waals surface area (Å²) >= 11 is 0. The van der Waals surface area contributed by atoms with Crippen molar-refractivity contribution in [2.75, 3.05) is 6.61 Å². The number of aliphatic hydroxyl groups is 1. The zero-order valence-corrected chi connectivity index (χ0v) is 9.31. The lowest BCUT2D eigenvalue weighted by molar-refractivity contribution is -0.133. The van der Waals surface area contributed by atoms with Gasteiger partial charge in [-0.15, -0.1) is 0 Å². The van der Waals surface area contributed by atoms with Gasteiger partial charge in [0.1, 0.15) is 6.04 Å². The van der Waals surface area contributed by atoms with Crippen molar-refractivity contribution in [1.82, 2.24) is 4.90 Å². The Balaban J connectivity index is 2.65. The molecule has 0 aromatic rings. The predicted molar refractivity (Wildman–Crippen MR) is 55.8 cm³/mol. The number of hydrogen-bond acceptors (Lipinski definition) is 3. The van der Waals surface area contributed by atoms with Gasteiger partial charge in [0, 0.05) is 19.1 Å². The van der Waals surface area contributed by atoms with Gasteiger partial charge in [-0.2, -0.15) is 5.26 Å². The van der Waals surface area contributed by atoms with Crippen molar-refractivity contribution in [3.8, 4) is 6.07 Å². The van der Waals surface area contributed by atoms with Gasteiger partial charge in [0.2, 0.25) is 5.91 Å². The summed E-state index contributed by atoms with van der Waals surface area (Å²) < 4.78 is 0. The fraction of sp³-hybridized carbons (Fsp3) is 0.818. The first kappa shape index (κ1) is 12.0. The summed E-state index contributed by atoms with van der Waals surface area (Å²) in [5, 5.41) is 17.6. The minimum Gasteiger partial charge on any atom is -0.396 e. The average Bonchev–Trinajstić information content (AvgIpc) is 2.51. The quantitative estimate of drug-likeness (QED) is 0.753. The SMILES string of the molecule is CC1[C@@H](C)C[C@@H](C#N)N1C(=O)CCCO. The molecule has 1 fully saturated rings. The molecule has 0 aliphatic carbocycles. The summed E-state index contributed by atoms with van der Waals surface area (Å²) in [4.78, 5) is 13.5. The molecule has 1 heterocycles. The molecule has 0 spiro atoms. The molecule has 1 N–H and O–H groups in total. The Kier molecular flexibility index (Phi) is 4.10. The molecule has 0 bridgehead atoms. The van der Waals surface area contributed by atoms with E-state index in [-0.39, 0.29) is 24.6 Å². The fourth-order valence-electron chi connectivity index (χ4n) is 2.10. The van der Waals surface area contributed by atoms with Crippen LogP contribution in [-0.4, -0.2) is 34.6 Å². The average molecular weight is 210 g/mol. The van der Waals surface area contributed by atoms with Gasteiger partial charge in [-0.1, -0.05) is 6.92 Å². The molecule has 84 valence electrons. The molecular weight excluding hydrogens is 192 g/mol. The fourth-order valence-corrected chi connectivity index (χ4v) is 2.10. The smallest absolute Gasteiger partial charge is 0.223 e. The molecule has 0 aromatic carbocycles. The van der Waals surface area contributed by atoms with Gasteiger partial charge in [0.15, 0.2) is 0 Å². The van der Waals surface area contributed by atoms with Crippen LogP contribution in [0.1, 0.15) is 33.1 Å². The van der Waals surface area contributed by atoms with Gasteiger partial charge in [-0.25, -0.2) is 0 Å². The van der Waals surface area contributed by atoms with Crippen LogP contribution in [0.4, 0.5) is 0 Å². The molecule has 0 radical (unpaired) electrons. The summed E-state index contributed by atoms with van der Waals surface area (Å²) in [5.41, 5.74) is 0. The Labute approximate surface area is 90.5 Å². The molecule has 1 rings (SSSR count). The first-order valence-electron chi connectivity index (χ1n) is 5.43. The highest BCUT2D eigenvalue weighted by Gasteiger charge is 2.38. The van der Waals surface area contributed by atoms with E-state index >= 15 is 0 Å². The van der Waals surface area contributed by atoms with Crippen LogP contribution < -0.4 is 0 Å². The van der Waals surface area contributed by atoms with Crippen LogP contribution in [0, 0.1) is 17.2 Å². The van der Waals surface area contributed by atoms with Crippen LogP contribution in [0.25, 0.3) is 0 Å². The van der Waals surface area contributed by atoms with E-state index in [1.165, 1.54) is 0 Å². The monoisotopic (exact) mass is 210 g/mol. The number of amides is 1. The molecule has 15 heavy (non-hydrogen) atoms. The first-order valence-corrected chi connectivity index (χ1v) is 5.43. The number of nitriles is 1. The van der Waals surface area contributed by atoms with E-state index in [1.54, 1.807) is 4.90 Å². The van der Waals surface area contributed by atoms with E-state index in [9.17, 15) is 4.79 Å². The Bertz CT molecular complexity index is 272. The second-order valence-electron chi connectivity index (χ2n) is 4.23. The van der Waals surface area contributed by atoms with Crippen molar-refractivity contribution in [1.29, 1.82) is 5.26 Å². The van der Waals surface area contributed by atoms with Crippen molar-refractivity contribution in [2.24, 2.45) is 5.92 Å². The normalized spacial score (nSPS) is 30.3. The molecule has 1 saturated heterocycles. The third kappa shape index (κ3) is 2.48. The summed E-state index contributed by atoms with van der Waals surface area (Å²) in [7, 11) is 0. The third-order valence-corrected chi connectivity index (χ3v) is 3.18. The van der Waals surface area contributed by atoms with Crippen LogP contribution in [-0.2, 0) is 4.79 Å². The molecule has 1 aliphatic rings. The summed E-state index contributed by atoms with van der Waals surface area (Å²) in [5.74, 6) is 0.375. The third-order valence-electron chi connectivity index (χ3n) is 3.18. The number of likely N-dealkylation sites (tertiary alicyclic amines) is 1. The predicted octanol–water partition coefficient (Wildman–Crippen LogP) is 0.908. The van der Waals surface area contributed by atoms with Crippen molar-refractivity contribution in [3.63, 3.8) is 0 Å². The standard InChI is InChI=1S/C11H18N2O2/c1-8-6-10(7-12)13(9(8)2)11(15)4-3-5-14/h8-10,14H,3-6H2,1-2H3/t8-,9?,10-/m0/s1. The molecule has 0 saturated carbocycles. The highest BCUT2D eigenvalue weighted by atomic mass is 16.3. The van der Waals surface area contributed by atoms with Crippen LogP contribution in [0.2, 0.25) is 0 Å². The maximum absolute atomic E-state index is 11.8. The largest absolute Gasteiger partial charge is 0.396 e. The minimum absolute atomic E-state index is 0.00699. The topological polar surface area (TPSA) is 64.3 Å². The Morgan fingerprint density at radius 2 is 2.27 bits per heavy atom. The highest BCUT2D eigenvalue weighted by Crippen LogP contribution is 2.29. The lowest BCUT2D eigenvalue weighted by Gasteiger charge is -2.25. The van der Waals surface area contributed by atoms with Gasteiger partial charge in [0.05, 0.1) is 6.07 Å². The molecule has 4 heteroatoms. The van der Waals surface area contributed by atoms with Crippen LogP contribution in [0.15, 0.2) is 0 Å². The summed E-state index contributed by atoms with van der Waals surface area (Å²) in [6.07, 6.45) is 1.59. The maximum atomic E-state index is 11.8. The second kappa shape index (κ2) is 5.13. The van der Waals surface area contributed by atoms with E-state index in [4.69, 9.17) is 10.4 Å². The molecule has 4 nitrogen and oxygen atoms in total. The van der Waals surface area contributed by atoms with Gasteiger partial charge in [-0.3, -0.25) is 4.79 Å². The van der Waals surface area contributed by atoms with E-state index in [0.717, 1.165) is 6.42 Å². The van der Waals surface area contributed by atoms with Crippen LogP contribution in [0.3, 0.4) is 0 Å². The van der Waals surface area contributed by atoms with Gasteiger partial charge >= 0.3 is 0 Å². The minimum atomic E-state index is -0.277. The lowest BCUT2D eigenvalue weighted by atomic mass is 10.0. The Morgan fingerprint density at radius 3 is 2.80 bits per heavy atom. The zero-order chi connectivity index (χ0) is 11.4. The van der Waals surface area contributed by atoms with E-state index in [2.05, 4.69) is 13.0 Å². The molecule has 1 aliphatic heterocycles. The maximum Gasteiger partial charge on any atom is 0.223 e. The van der Waals surface area contributed by atoms with Crippen molar-refractivity contribution in [3.05, 3.63) is 0 Å². The first-order chi connectivity index (χ1) is 7.11. The highest BCUT2D eigenvalue weighted by molar-refractivity contribution is 5.77. The lowest BCUT2D eigenvalue weighted by Crippen LogP contribution is -2.40.